The van der Waals surface area contributed by atoms with Crippen molar-refractivity contribution in [3.8, 4) is 90.1 Å². The molecule has 0 saturated heterocycles. The van der Waals surface area contributed by atoms with Gasteiger partial charge in [-0.25, -0.2) is 0 Å². The summed E-state index contributed by atoms with van der Waals surface area (Å²) in [5.74, 6) is 5.96. The first-order valence-electron chi connectivity index (χ1n) is 16.7. The van der Waals surface area contributed by atoms with Crippen LogP contribution in [0.25, 0.3) is 55.6 Å². The summed E-state index contributed by atoms with van der Waals surface area (Å²) in [5.41, 5.74) is 11.3. The molecule has 0 N–H and O–H groups in total. The van der Waals surface area contributed by atoms with Crippen LogP contribution in [0.4, 0.5) is 0 Å². The Labute approximate surface area is 303 Å². The molecule has 0 atom stereocenters. The van der Waals surface area contributed by atoms with Crippen LogP contribution in [0.1, 0.15) is 11.1 Å². The second-order valence-corrected chi connectivity index (χ2v) is 13.0. The zero-order valence-corrected chi connectivity index (χ0v) is 30.5. The summed E-state index contributed by atoms with van der Waals surface area (Å²) in [5, 5.41) is 0. The van der Waals surface area contributed by atoms with Gasteiger partial charge in [-0.05, 0) is 0 Å². The fourth-order valence-electron chi connectivity index (χ4n) is 7.30. The van der Waals surface area contributed by atoms with Crippen molar-refractivity contribution in [1.82, 2.24) is 0 Å². The molecule has 7 rings (SSSR count). The third-order valence-corrected chi connectivity index (χ3v) is 10.5. The molecule has 0 fully saturated rings. The van der Waals surface area contributed by atoms with Crippen molar-refractivity contribution in [2.45, 2.75) is 11.5 Å². The molecule has 1 aliphatic rings. The summed E-state index contributed by atoms with van der Waals surface area (Å²) < 4.78 is 37.2. The van der Waals surface area contributed by atoms with E-state index in [0.29, 0.717) is 11.5 Å². The van der Waals surface area contributed by atoms with Crippen LogP contribution in [-0.4, -0.2) is 42.7 Å². The van der Waals surface area contributed by atoms with Crippen molar-refractivity contribution >= 4 is 11.8 Å². The van der Waals surface area contributed by atoms with E-state index in [2.05, 4.69) is 97.1 Å². The molecule has 0 unspecified atom stereocenters. The zero-order valence-electron chi connectivity index (χ0n) is 29.7. The molecule has 6 nitrogen and oxygen atoms in total. The first-order chi connectivity index (χ1) is 25.1. The number of rotatable bonds is 6. The van der Waals surface area contributed by atoms with Gasteiger partial charge in [0.25, 0.3) is 0 Å². The standard InChI is InChI=1S/C44H40O6S/c1-45-39-27-13-7-15-29(39)31-17-9-19-33(41(31)47-3)35-21-11-23-37(43(35)49-5)38-24-12-22-36(44(38)50-6)34-20-10-18-32(42(34)48-4)30-16-8-14-28(26-51-25-27)40(30)46-2/h7-24H,25-26H2,1-6H3. The summed E-state index contributed by atoms with van der Waals surface area (Å²) in [6.45, 7) is 0. The molecule has 12 bridgehead atoms. The molecule has 1 aliphatic heterocycles. The first-order valence-corrected chi connectivity index (χ1v) is 17.8. The van der Waals surface area contributed by atoms with Gasteiger partial charge < -0.3 is 28.4 Å². The van der Waals surface area contributed by atoms with Crippen LogP contribution in [-0.2, 0) is 11.5 Å². The van der Waals surface area contributed by atoms with Crippen LogP contribution >= 0.6 is 11.8 Å². The Morgan fingerprint density at radius 1 is 0.294 bits per heavy atom. The summed E-state index contributed by atoms with van der Waals surface area (Å²) >= 11 is 1.81. The van der Waals surface area contributed by atoms with E-state index in [4.69, 9.17) is 28.4 Å². The molecule has 0 saturated carbocycles. The minimum absolute atomic E-state index is 0.702. The molecule has 0 spiro atoms. The fourth-order valence-corrected chi connectivity index (χ4v) is 8.30. The normalized spacial score (nSPS) is 11.9. The van der Waals surface area contributed by atoms with E-state index in [1.807, 2.05) is 12.1 Å². The lowest BCUT2D eigenvalue weighted by atomic mass is 9.90. The Balaban J connectivity index is 1.56. The smallest absolute Gasteiger partial charge is 0.134 e. The van der Waals surface area contributed by atoms with Gasteiger partial charge in [-0.15, -0.1) is 0 Å². The second kappa shape index (κ2) is 14.8. The van der Waals surface area contributed by atoms with Crippen LogP contribution < -0.4 is 28.4 Å². The largest absolute Gasteiger partial charge is 0.496 e. The van der Waals surface area contributed by atoms with Crippen LogP contribution in [0.5, 0.6) is 34.5 Å². The topological polar surface area (TPSA) is 55.4 Å². The minimum Gasteiger partial charge on any atom is -0.496 e. The van der Waals surface area contributed by atoms with E-state index in [-0.39, 0.29) is 0 Å². The SMILES string of the molecule is COc1c2cccc1-c1cccc(c1OC)-c1cccc(c1OC)-c1cccc(c1OC)-c1cccc(c1OC)-c1cccc(c1OC)CSC2. The van der Waals surface area contributed by atoms with Gasteiger partial charge in [0, 0.05) is 78.3 Å². The average Bonchev–Trinajstić information content (AvgIpc) is 3.18. The number of methoxy groups -OCH3 is 6. The molecular formula is C44H40O6S. The van der Waals surface area contributed by atoms with E-state index in [0.717, 1.165) is 101 Å². The van der Waals surface area contributed by atoms with Crippen molar-refractivity contribution in [3.05, 3.63) is 120 Å². The predicted molar refractivity (Wildman–Crippen MR) is 208 cm³/mol. The van der Waals surface area contributed by atoms with Gasteiger partial charge in [0.1, 0.15) is 34.5 Å². The highest BCUT2D eigenvalue weighted by Gasteiger charge is 2.25. The molecule has 7 heteroatoms. The molecule has 1 heterocycles. The molecule has 0 radical (unpaired) electrons. The van der Waals surface area contributed by atoms with Gasteiger partial charge in [-0.1, -0.05) is 109 Å². The van der Waals surface area contributed by atoms with Crippen molar-refractivity contribution in [2.75, 3.05) is 42.7 Å². The second-order valence-electron chi connectivity index (χ2n) is 12.0. The number of benzene rings is 6. The quantitative estimate of drug-likeness (QED) is 0.172. The number of fused-ring (bicyclic) bond motifs is 17. The highest BCUT2D eigenvalue weighted by Crippen LogP contribution is 2.52. The summed E-state index contributed by atoms with van der Waals surface area (Å²) in [6.07, 6.45) is 0. The Morgan fingerprint density at radius 3 is 0.706 bits per heavy atom. The fraction of sp³-hybridized carbons (Fsp3) is 0.182. The number of ether oxygens (including phenoxy) is 6. The first kappa shape index (κ1) is 33.9. The third-order valence-electron chi connectivity index (χ3n) is 9.44. The monoisotopic (exact) mass is 696 g/mol. The maximum Gasteiger partial charge on any atom is 0.134 e. The summed E-state index contributed by atoms with van der Waals surface area (Å²) in [4.78, 5) is 0. The predicted octanol–water partition coefficient (Wildman–Crippen LogP) is 10.8. The highest BCUT2D eigenvalue weighted by molar-refractivity contribution is 7.97. The highest BCUT2D eigenvalue weighted by atomic mass is 32.2. The molecular weight excluding hydrogens is 657 g/mol. The van der Waals surface area contributed by atoms with E-state index < -0.39 is 0 Å². The number of hydrogen-bond donors (Lipinski definition) is 0. The van der Waals surface area contributed by atoms with Crippen LogP contribution in [0.15, 0.2) is 109 Å². The van der Waals surface area contributed by atoms with Gasteiger partial charge in [0.2, 0.25) is 0 Å². The van der Waals surface area contributed by atoms with Gasteiger partial charge in [-0.3, -0.25) is 0 Å². The van der Waals surface area contributed by atoms with Gasteiger partial charge in [0.15, 0.2) is 0 Å². The lowest BCUT2D eigenvalue weighted by molar-refractivity contribution is 0.406. The molecule has 0 amide bonds. The van der Waals surface area contributed by atoms with Crippen molar-refractivity contribution in [3.63, 3.8) is 0 Å². The Morgan fingerprint density at radius 2 is 0.490 bits per heavy atom. The summed E-state index contributed by atoms with van der Waals surface area (Å²) in [6, 6.07) is 37.3. The van der Waals surface area contributed by atoms with Gasteiger partial charge in [0.05, 0.1) is 42.7 Å². The maximum atomic E-state index is 6.25. The van der Waals surface area contributed by atoms with E-state index in [1.54, 1.807) is 54.4 Å². The Hall–Kier alpha value is -5.53. The van der Waals surface area contributed by atoms with Gasteiger partial charge in [-0.2, -0.15) is 11.8 Å². The van der Waals surface area contributed by atoms with Crippen LogP contribution in [0, 0.1) is 0 Å². The molecule has 51 heavy (non-hydrogen) atoms. The number of para-hydroxylation sites is 6. The van der Waals surface area contributed by atoms with E-state index >= 15 is 0 Å². The number of hydrogen-bond acceptors (Lipinski definition) is 7. The molecule has 0 aliphatic carbocycles. The van der Waals surface area contributed by atoms with Crippen molar-refractivity contribution < 1.29 is 28.4 Å². The molecule has 258 valence electrons. The van der Waals surface area contributed by atoms with Crippen LogP contribution in [0.2, 0.25) is 0 Å². The molecule has 0 aromatic heterocycles. The van der Waals surface area contributed by atoms with Crippen molar-refractivity contribution in [2.24, 2.45) is 0 Å². The van der Waals surface area contributed by atoms with E-state index in [1.165, 1.54) is 0 Å². The van der Waals surface area contributed by atoms with Gasteiger partial charge >= 0.3 is 0 Å². The Kier molecular flexibility index (Phi) is 9.82. The molecule has 6 aromatic rings. The number of thioether (sulfide) groups is 1. The maximum absolute atomic E-state index is 6.25. The minimum atomic E-state index is 0.702. The molecule has 6 aromatic carbocycles. The summed E-state index contributed by atoms with van der Waals surface area (Å²) in [7, 11) is 10.3. The lowest BCUT2D eigenvalue weighted by Crippen LogP contribution is -1.99. The Bertz CT molecular complexity index is 2070. The third kappa shape index (κ3) is 5.91. The van der Waals surface area contributed by atoms with E-state index in [9.17, 15) is 0 Å². The lowest BCUT2D eigenvalue weighted by Gasteiger charge is -2.22. The van der Waals surface area contributed by atoms with Crippen LogP contribution in [0.3, 0.4) is 0 Å². The average molecular weight is 697 g/mol. The van der Waals surface area contributed by atoms with Crippen molar-refractivity contribution in [1.29, 1.82) is 0 Å². The zero-order chi connectivity index (χ0) is 35.5.